The van der Waals surface area contributed by atoms with Crippen LogP contribution in [-0.4, -0.2) is 36.3 Å². The Kier molecular flexibility index (Phi) is 4.12. The highest BCUT2D eigenvalue weighted by Crippen LogP contribution is 2.16. The molecular weight excluding hydrogens is 286 g/mol. The summed E-state index contributed by atoms with van der Waals surface area (Å²) in [4.78, 5) is 4.26. The van der Waals surface area contributed by atoms with Gasteiger partial charge in [0, 0.05) is 38.5 Å². The molecule has 3 heterocycles. The zero-order valence-corrected chi connectivity index (χ0v) is 12.6. The van der Waals surface area contributed by atoms with E-state index in [1.165, 1.54) is 5.56 Å². The molecule has 0 spiro atoms. The number of aryl methyl sites for hydroxylation is 1. The molecule has 3 aromatic rings. The van der Waals surface area contributed by atoms with Crippen LogP contribution >= 0.6 is 11.3 Å². The van der Waals surface area contributed by atoms with Crippen LogP contribution in [0.15, 0.2) is 35.4 Å². The van der Waals surface area contributed by atoms with Gasteiger partial charge in [0.1, 0.15) is 5.69 Å². The van der Waals surface area contributed by atoms with Gasteiger partial charge in [-0.3, -0.25) is 4.68 Å². The lowest BCUT2D eigenvalue weighted by Gasteiger charge is -2.12. The van der Waals surface area contributed by atoms with Crippen LogP contribution in [-0.2, 0) is 20.0 Å². The maximum absolute atomic E-state index is 9.55. The number of imidazole rings is 1. The predicted octanol–water partition coefficient (Wildman–Crippen LogP) is 1.59. The summed E-state index contributed by atoms with van der Waals surface area (Å²) in [6.07, 6.45) is 6.33. The molecule has 0 aromatic carbocycles. The van der Waals surface area contributed by atoms with E-state index in [4.69, 9.17) is 0 Å². The molecule has 6 nitrogen and oxygen atoms in total. The van der Waals surface area contributed by atoms with E-state index in [0.717, 1.165) is 17.9 Å². The number of thiophene rings is 1. The first kappa shape index (κ1) is 14.0. The molecule has 1 unspecified atom stereocenters. The minimum atomic E-state index is 0.132. The van der Waals surface area contributed by atoms with Crippen LogP contribution in [0.25, 0.3) is 11.5 Å². The molecule has 0 fully saturated rings. The average molecular weight is 303 g/mol. The smallest absolute Gasteiger partial charge is 0.161 e. The molecule has 21 heavy (non-hydrogen) atoms. The fraction of sp³-hybridized carbons (Fsp3) is 0.357. The third-order valence-corrected chi connectivity index (χ3v) is 4.13. The molecule has 0 aliphatic carbocycles. The van der Waals surface area contributed by atoms with Crippen LogP contribution < -0.4 is 0 Å². The van der Waals surface area contributed by atoms with Crippen molar-refractivity contribution in [3.63, 3.8) is 0 Å². The fourth-order valence-electron chi connectivity index (χ4n) is 2.30. The first-order valence-corrected chi connectivity index (χ1v) is 7.70. The Morgan fingerprint density at radius 1 is 1.43 bits per heavy atom. The van der Waals surface area contributed by atoms with Gasteiger partial charge in [-0.2, -0.15) is 11.3 Å². The van der Waals surface area contributed by atoms with E-state index in [0.29, 0.717) is 6.54 Å². The summed E-state index contributed by atoms with van der Waals surface area (Å²) in [5.74, 6) is 0.926. The summed E-state index contributed by atoms with van der Waals surface area (Å²) in [6.45, 7) is 0.775. The van der Waals surface area contributed by atoms with Crippen molar-refractivity contribution >= 4 is 11.3 Å². The van der Waals surface area contributed by atoms with E-state index >= 15 is 0 Å². The van der Waals surface area contributed by atoms with Crippen molar-refractivity contribution < 1.29 is 5.11 Å². The predicted molar refractivity (Wildman–Crippen MR) is 80.8 cm³/mol. The first-order valence-electron chi connectivity index (χ1n) is 6.76. The highest BCUT2D eigenvalue weighted by atomic mass is 32.1. The zero-order valence-electron chi connectivity index (χ0n) is 11.8. The van der Waals surface area contributed by atoms with E-state index in [9.17, 15) is 5.11 Å². The van der Waals surface area contributed by atoms with Crippen molar-refractivity contribution in [1.29, 1.82) is 0 Å². The molecule has 3 aromatic heterocycles. The van der Waals surface area contributed by atoms with E-state index in [1.54, 1.807) is 22.2 Å². The van der Waals surface area contributed by atoms with Gasteiger partial charge in [0.2, 0.25) is 0 Å². The minimum absolute atomic E-state index is 0.132. The molecule has 7 heteroatoms. The van der Waals surface area contributed by atoms with Crippen molar-refractivity contribution in [1.82, 2.24) is 24.5 Å². The molecule has 0 bridgehead atoms. The molecule has 0 radical (unpaired) electrons. The Labute approximate surface area is 126 Å². The third kappa shape index (κ3) is 3.20. The third-order valence-electron chi connectivity index (χ3n) is 3.40. The van der Waals surface area contributed by atoms with Crippen LogP contribution in [0, 0.1) is 5.92 Å². The molecule has 0 saturated heterocycles. The van der Waals surface area contributed by atoms with Crippen LogP contribution in [0.5, 0.6) is 0 Å². The van der Waals surface area contributed by atoms with Gasteiger partial charge in [-0.15, -0.1) is 5.10 Å². The van der Waals surface area contributed by atoms with Crippen LogP contribution in [0.4, 0.5) is 0 Å². The number of rotatable bonds is 6. The SMILES string of the molecule is Cn1ccnc1-c1cn(CC(CO)Cc2ccsc2)nn1. The van der Waals surface area contributed by atoms with Gasteiger partial charge < -0.3 is 9.67 Å². The Morgan fingerprint density at radius 2 is 2.33 bits per heavy atom. The number of aliphatic hydroxyl groups excluding tert-OH is 1. The topological polar surface area (TPSA) is 68.8 Å². The Hall–Kier alpha value is -1.99. The molecule has 0 saturated carbocycles. The second-order valence-corrected chi connectivity index (χ2v) is 5.85. The van der Waals surface area contributed by atoms with E-state index in [-0.39, 0.29) is 12.5 Å². The highest BCUT2D eigenvalue weighted by molar-refractivity contribution is 7.07. The summed E-state index contributed by atoms with van der Waals surface area (Å²) in [6, 6.07) is 2.09. The molecular formula is C14H17N5OS. The van der Waals surface area contributed by atoms with Gasteiger partial charge in [-0.05, 0) is 28.8 Å². The second-order valence-electron chi connectivity index (χ2n) is 5.07. The van der Waals surface area contributed by atoms with Crippen molar-refractivity contribution in [2.24, 2.45) is 13.0 Å². The maximum atomic E-state index is 9.55. The molecule has 0 aliphatic heterocycles. The van der Waals surface area contributed by atoms with Gasteiger partial charge in [0.25, 0.3) is 0 Å². The van der Waals surface area contributed by atoms with Crippen LogP contribution in [0.2, 0.25) is 0 Å². The summed E-state index contributed by atoms with van der Waals surface area (Å²) >= 11 is 1.67. The van der Waals surface area contributed by atoms with Crippen molar-refractivity contribution in [3.05, 3.63) is 41.0 Å². The van der Waals surface area contributed by atoms with Gasteiger partial charge in [0.05, 0.1) is 6.20 Å². The molecule has 0 amide bonds. The van der Waals surface area contributed by atoms with E-state index in [2.05, 4.69) is 32.1 Å². The van der Waals surface area contributed by atoms with Gasteiger partial charge in [0.15, 0.2) is 5.82 Å². The van der Waals surface area contributed by atoms with Gasteiger partial charge in [-0.1, -0.05) is 5.21 Å². The lowest BCUT2D eigenvalue weighted by molar-refractivity contribution is 0.205. The van der Waals surface area contributed by atoms with Crippen LogP contribution in [0.1, 0.15) is 5.56 Å². The average Bonchev–Trinajstić information content (AvgIpc) is 3.19. The number of aliphatic hydroxyl groups is 1. The number of hydrogen-bond acceptors (Lipinski definition) is 5. The molecule has 3 rings (SSSR count). The van der Waals surface area contributed by atoms with Crippen LogP contribution in [0.3, 0.4) is 0 Å². The standard InChI is InChI=1S/C14H17N5OS/c1-18-4-3-15-14(18)13-8-19(17-16-13)7-12(9-20)6-11-2-5-21-10-11/h2-5,8,10,12,20H,6-7,9H2,1H3. The van der Waals surface area contributed by atoms with Gasteiger partial charge >= 0.3 is 0 Å². The molecule has 0 aliphatic rings. The van der Waals surface area contributed by atoms with E-state index in [1.807, 2.05) is 24.0 Å². The number of aromatic nitrogens is 5. The Bertz CT molecular complexity index is 688. The van der Waals surface area contributed by atoms with E-state index < -0.39 is 0 Å². The first-order chi connectivity index (χ1) is 10.3. The number of nitrogens with zero attached hydrogens (tertiary/aromatic N) is 5. The van der Waals surface area contributed by atoms with Crippen molar-refractivity contribution in [2.75, 3.05) is 6.61 Å². The normalized spacial score (nSPS) is 12.7. The summed E-state index contributed by atoms with van der Waals surface area (Å²) in [5, 5.41) is 22.0. The largest absolute Gasteiger partial charge is 0.396 e. The van der Waals surface area contributed by atoms with Crippen molar-refractivity contribution in [3.8, 4) is 11.5 Å². The highest BCUT2D eigenvalue weighted by Gasteiger charge is 2.13. The van der Waals surface area contributed by atoms with Gasteiger partial charge in [-0.25, -0.2) is 4.98 Å². The maximum Gasteiger partial charge on any atom is 0.161 e. The number of hydrogen-bond donors (Lipinski definition) is 1. The molecule has 110 valence electrons. The Morgan fingerprint density at radius 3 is 3.00 bits per heavy atom. The second kappa shape index (κ2) is 6.19. The summed E-state index contributed by atoms with van der Waals surface area (Å²) in [7, 11) is 1.93. The molecule has 1 N–H and O–H groups in total. The monoisotopic (exact) mass is 303 g/mol. The lowest BCUT2D eigenvalue weighted by atomic mass is 10.0. The minimum Gasteiger partial charge on any atom is -0.396 e. The molecule has 1 atom stereocenters. The van der Waals surface area contributed by atoms with Crippen molar-refractivity contribution in [2.45, 2.75) is 13.0 Å². The quantitative estimate of drug-likeness (QED) is 0.751. The lowest BCUT2D eigenvalue weighted by Crippen LogP contribution is -2.17. The fourth-order valence-corrected chi connectivity index (χ4v) is 2.98. The summed E-state index contributed by atoms with van der Waals surface area (Å²) < 4.78 is 3.68. The zero-order chi connectivity index (χ0) is 14.7. The Balaban J connectivity index is 1.70. The summed E-state index contributed by atoms with van der Waals surface area (Å²) in [5.41, 5.74) is 2.00.